The summed E-state index contributed by atoms with van der Waals surface area (Å²) in [6.45, 7) is 0.226. The lowest BCUT2D eigenvalue weighted by atomic mass is 9.90. The predicted molar refractivity (Wildman–Crippen MR) is 104 cm³/mol. The maximum absolute atomic E-state index is 12.9. The van der Waals surface area contributed by atoms with E-state index < -0.39 is 6.10 Å². The number of nitrogens with one attached hydrogen (secondary N) is 1. The van der Waals surface area contributed by atoms with Gasteiger partial charge in [-0.05, 0) is 16.7 Å². The minimum absolute atomic E-state index is 0.102. The Balaban J connectivity index is 1.68. The zero-order chi connectivity index (χ0) is 18.2. The molecule has 0 saturated carbocycles. The number of benzene rings is 3. The molecule has 0 radical (unpaired) electrons. The summed E-state index contributed by atoms with van der Waals surface area (Å²) in [4.78, 5) is 12.9. The molecule has 3 rings (SSSR count). The van der Waals surface area contributed by atoms with Crippen molar-refractivity contribution >= 4 is 5.91 Å². The van der Waals surface area contributed by atoms with Crippen LogP contribution in [0.1, 0.15) is 22.6 Å². The highest BCUT2D eigenvalue weighted by Crippen LogP contribution is 2.24. The number of amides is 1. The maximum Gasteiger partial charge on any atom is 0.232 e. The van der Waals surface area contributed by atoms with E-state index in [9.17, 15) is 9.90 Å². The summed E-state index contributed by atoms with van der Waals surface area (Å²) in [6.07, 6.45) is -0.101. The molecule has 26 heavy (non-hydrogen) atoms. The Kier molecular flexibility index (Phi) is 6.18. The third-order valence-corrected chi connectivity index (χ3v) is 4.35. The molecule has 0 heterocycles. The minimum atomic E-state index is -0.617. The van der Waals surface area contributed by atoms with Crippen LogP contribution < -0.4 is 5.32 Å². The summed E-state index contributed by atoms with van der Waals surface area (Å²) >= 11 is 0. The molecule has 0 aliphatic rings. The molecule has 132 valence electrons. The molecule has 0 fully saturated rings. The summed E-state index contributed by atoms with van der Waals surface area (Å²) in [5.41, 5.74) is 2.93. The van der Waals surface area contributed by atoms with Gasteiger partial charge in [0.2, 0.25) is 5.91 Å². The molecular formula is C23H23NO2. The molecule has 1 unspecified atom stereocenters. The van der Waals surface area contributed by atoms with Gasteiger partial charge < -0.3 is 10.4 Å². The van der Waals surface area contributed by atoms with Crippen LogP contribution in [-0.4, -0.2) is 23.7 Å². The molecule has 3 aromatic rings. The van der Waals surface area contributed by atoms with E-state index in [4.69, 9.17) is 0 Å². The van der Waals surface area contributed by atoms with E-state index in [0.717, 1.165) is 16.7 Å². The van der Waals surface area contributed by atoms with E-state index >= 15 is 0 Å². The van der Waals surface area contributed by atoms with Crippen molar-refractivity contribution in [2.24, 2.45) is 0 Å². The van der Waals surface area contributed by atoms with Crippen molar-refractivity contribution in [3.63, 3.8) is 0 Å². The van der Waals surface area contributed by atoms with Crippen LogP contribution in [0.15, 0.2) is 91.0 Å². The van der Waals surface area contributed by atoms with Gasteiger partial charge >= 0.3 is 0 Å². The Morgan fingerprint density at radius 1 is 0.769 bits per heavy atom. The van der Waals surface area contributed by atoms with Crippen LogP contribution in [0.2, 0.25) is 0 Å². The lowest BCUT2D eigenvalue weighted by Crippen LogP contribution is -2.36. The highest BCUT2D eigenvalue weighted by atomic mass is 16.3. The van der Waals surface area contributed by atoms with Gasteiger partial charge in [-0.3, -0.25) is 4.79 Å². The zero-order valence-corrected chi connectivity index (χ0v) is 14.6. The van der Waals surface area contributed by atoms with Crippen molar-refractivity contribution in [2.45, 2.75) is 18.4 Å². The van der Waals surface area contributed by atoms with Crippen molar-refractivity contribution < 1.29 is 9.90 Å². The molecule has 0 saturated heterocycles. The molecule has 0 aliphatic heterocycles. The SMILES string of the molecule is O=C(NCC(O)Cc1ccccc1)C(c1ccccc1)c1ccccc1. The Morgan fingerprint density at radius 2 is 1.23 bits per heavy atom. The quantitative estimate of drug-likeness (QED) is 0.688. The standard InChI is InChI=1S/C23H23NO2/c25-21(16-18-10-4-1-5-11-18)17-24-23(26)22(19-12-6-2-7-13-19)20-14-8-3-9-15-20/h1-15,21-22,25H,16-17H2,(H,24,26). The largest absolute Gasteiger partial charge is 0.391 e. The average Bonchev–Trinajstić information content (AvgIpc) is 2.69. The van der Waals surface area contributed by atoms with Gasteiger partial charge in [-0.15, -0.1) is 0 Å². The number of hydrogen-bond acceptors (Lipinski definition) is 2. The number of carbonyl (C=O) groups is 1. The van der Waals surface area contributed by atoms with E-state index in [1.54, 1.807) is 0 Å². The van der Waals surface area contributed by atoms with E-state index in [1.807, 2.05) is 91.0 Å². The Labute approximate surface area is 154 Å². The van der Waals surface area contributed by atoms with Crippen molar-refractivity contribution in [1.29, 1.82) is 0 Å². The van der Waals surface area contributed by atoms with Crippen LogP contribution in [-0.2, 0) is 11.2 Å². The molecule has 3 aromatic carbocycles. The molecule has 3 heteroatoms. The molecule has 1 atom stereocenters. The Hall–Kier alpha value is -2.91. The first kappa shape index (κ1) is 17.9. The zero-order valence-electron chi connectivity index (χ0n) is 14.6. The number of rotatable bonds is 7. The van der Waals surface area contributed by atoms with E-state index in [-0.39, 0.29) is 18.4 Å². The first-order valence-electron chi connectivity index (χ1n) is 8.83. The van der Waals surface area contributed by atoms with Crippen LogP contribution >= 0.6 is 0 Å². The first-order valence-corrected chi connectivity index (χ1v) is 8.83. The Morgan fingerprint density at radius 3 is 1.73 bits per heavy atom. The number of aliphatic hydroxyl groups excluding tert-OH is 1. The monoisotopic (exact) mass is 345 g/mol. The molecule has 0 aromatic heterocycles. The molecular weight excluding hydrogens is 322 g/mol. The fraction of sp³-hybridized carbons (Fsp3) is 0.174. The predicted octanol–water partition coefficient (Wildman–Crippen LogP) is 3.54. The fourth-order valence-corrected chi connectivity index (χ4v) is 3.06. The third kappa shape index (κ3) is 4.80. The second-order valence-electron chi connectivity index (χ2n) is 6.34. The summed E-state index contributed by atoms with van der Waals surface area (Å²) in [6, 6.07) is 29.2. The van der Waals surface area contributed by atoms with Crippen LogP contribution in [0.5, 0.6) is 0 Å². The molecule has 1 amide bonds. The normalized spacial score (nSPS) is 11.9. The maximum atomic E-state index is 12.9. The Bertz CT molecular complexity index is 764. The third-order valence-electron chi connectivity index (χ3n) is 4.35. The molecule has 3 nitrogen and oxygen atoms in total. The van der Waals surface area contributed by atoms with Gasteiger partial charge in [-0.2, -0.15) is 0 Å². The van der Waals surface area contributed by atoms with Crippen molar-refractivity contribution in [2.75, 3.05) is 6.54 Å². The minimum Gasteiger partial charge on any atom is -0.391 e. The smallest absolute Gasteiger partial charge is 0.232 e. The van der Waals surface area contributed by atoms with Crippen LogP contribution in [0.4, 0.5) is 0 Å². The number of aliphatic hydroxyl groups is 1. The second kappa shape index (κ2) is 8.97. The molecule has 0 spiro atoms. The highest BCUT2D eigenvalue weighted by molar-refractivity contribution is 5.87. The summed E-state index contributed by atoms with van der Waals surface area (Å²) in [5.74, 6) is -0.490. The van der Waals surface area contributed by atoms with Crippen LogP contribution in [0.3, 0.4) is 0 Å². The fourth-order valence-electron chi connectivity index (χ4n) is 3.06. The van der Waals surface area contributed by atoms with Gasteiger partial charge in [0.05, 0.1) is 12.0 Å². The van der Waals surface area contributed by atoms with Crippen molar-refractivity contribution in [3.8, 4) is 0 Å². The lowest BCUT2D eigenvalue weighted by Gasteiger charge is -2.19. The number of hydrogen-bond donors (Lipinski definition) is 2. The van der Waals surface area contributed by atoms with Gasteiger partial charge in [0, 0.05) is 13.0 Å². The van der Waals surface area contributed by atoms with E-state index in [1.165, 1.54) is 0 Å². The lowest BCUT2D eigenvalue weighted by molar-refractivity contribution is -0.122. The van der Waals surface area contributed by atoms with Gasteiger partial charge in [-0.1, -0.05) is 91.0 Å². The number of carbonyl (C=O) groups excluding carboxylic acids is 1. The summed E-state index contributed by atoms with van der Waals surface area (Å²) in [7, 11) is 0. The highest BCUT2D eigenvalue weighted by Gasteiger charge is 2.22. The average molecular weight is 345 g/mol. The van der Waals surface area contributed by atoms with Gasteiger partial charge in [0.15, 0.2) is 0 Å². The summed E-state index contributed by atoms with van der Waals surface area (Å²) < 4.78 is 0. The molecule has 0 aliphatic carbocycles. The van der Waals surface area contributed by atoms with Crippen LogP contribution in [0.25, 0.3) is 0 Å². The van der Waals surface area contributed by atoms with Crippen molar-refractivity contribution in [3.05, 3.63) is 108 Å². The summed E-state index contributed by atoms with van der Waals surface area (Å²) in [5, 5.41) is 13.2. The van der Waals surface area contributed by atoms with Gasteiger partial charge in [-0.25, -0.2) is 0 Å². The second-order valence-corrected chi connectivity index (χ2v) is 6.34. The topological polar surface area (TPSA) is 49.3 Å². The first-order chi connectivity index (χ1) is 12.7. The molecule has 0 bridgehead atoms. The van der Waals surface area contributed by atoms with E-state index in [0.29, 0.717) is 6.42 Å². The van der Waals surface area contributed by atoms with Crippen molar-refractivity contribution in [1.82, 2.24) is 5.32 Å². The van der Waals surface area contributed by atoms with Crippen LogP contribution in [0, 0.1) is 0 Å². The van der Waals surface area contributed by atoms with Gasteiger partial charge in [0.25, 0.3) is 0 Å². The molecule has 2 N–H and O–H groups in total. The van der Waals surface area contributed by atoms with E-state index in [2.05, 4.69) is 5.32 Å². The van der Waals surface area contributed by atoms with Gasteiger partial charge in [0.1, 0.15) is 0 Å².